The van der Waals surface area contributed by atoms with Crippen molar-refractivity contribution in [2.75, 3.05) is 24.7 Å². The lowest BCUT2D eigenvalue weighted by Crippen LogP contribution is -2.43. The summed E-state index contributed by atoms with van der Waals surface area (Å²) < 4.78 is 23.1. The Morgan fingerprint density at radius 1 is 1.24 bits per heavy atom. The van der Waals surface area contributed by atoms with E-state index in [0.717, 1.165) is 0 Å². The first-order valence-electron chi connectivity index (χ1n) is 6.27. The minimum atomic E-state index is -2.91. The van der Waals surface area contributed by atoms with Gasteiger partial charge in [-0.1, -0.05) is 27.7 Å². The molecule has 104 valence electrons. The summed E-state index contributed by atoms with van der Waals surface area (Å²) in [6.45, 7) is 8.71. The summed E-state index contributed by atoms with van der Waals surface area (Å²) >= 11 is 0. The first-order chi connectivity index (χ1) is 7.73. The Kier molecular flexibility index (Phi) is 7.28. The van der Waals surface area contributed by atoms with Crippen LogP contribution in [0.25, 0.3) is 0 Å². The van der Waals surface area contributed by atoms with Crippen LogP contribution in [0.2, 0.25) is 0 Å². The van der Waals surface area contributed by atoms with Gasteiger partial charge in [-0.05, 0) is 18.3 Å². The molecule has 0 rings (SSSR count). The van der Waals surface area contributed by atoms with Gasteiger partial charge in [-0.2, -0.15) is 0 Å². The second-order valence-corrected chi connectivity index (χ2v) is 7.84. The van der Waals surface area contributed by atoms with E-state index in [0.29, 0.717) is 19.4 Å². The van der Waals surface area contributed by atoms with Crippen molar-refractivity contribution in [3.63, 3.8) is 0 Å². The zero-order valence-electron chi connectivity index (χ0n) is 11.5. The molecule has 0 fully saturated rings. The van der Waals surface area contributed by atoms with Gasteiger partial charge < -0.3 is 10.4 Å². The lowest BCUT2D eigenvalue weighted by Gasteiger charge is -2.31. The molecule has 0 saturated heterocycles. The molecule has 0 aliphatic carbocycles. The first kappa shape index (κ1) is 16.9. The van der Waals surface area contributed by atoms with Gasteiger partial charge in [-0.25, -0.2) is 8.42 Å². The van der Waals surface area contributed by atoms with E-state index in [9.17, 15) is 8.42 Å². The SMILES string of the molecule is CCCS(=O)(=O)CCNC(CCO)C(C)(C)C. The zero-order chi connectivity index (χ0) is 13.5. The number of aliphatic hydroxyl groups excluding tert-OH is 1. The molecular formula is C12H27NO3S. The van der Waals surface area contributed by atoms with Gasteiger partial charge in [0.1, 0.15) is 0 Å². The van der Waals surface area contributed by atoms with E-state index in [4.69, 9.17) is 5.11 Å². The van der Waals surface area contributed by atoms with E-state index >= 15 is 0 Å². The second-order valence-electron chi connectivity index (χ2n) is 5.54. The van der Waals surface area contributed by atoms with E-state index in [2.05, 4.69) is 26.1 Å². The Morgan fingerprint density at radius 2 is 1.82 bits per heavy atom. The molecule has 2 N–H and O–H groups in total. The average Bonchev–Trinajstić information content (AvgIpc) is 2.14. The summed E-state index contributed by atoms with van der Waals surface area (Å²) in [7, 11) is -2.91. The highest BCUT2D eigenvalue weighted by Gasteiger charge is 2.23. The highest BCUT2D eigenvalue weighted by Crippen LogP contribution is 2.21. The molecule has 4 nitrogen and oxygen atoms in total. The molecule has 0 aromatic rings. The third-order valence-electron chi connectivity index (χ3n) is 2.78. The predicted molar refractivity (Wildman–Crippen MR) is 71.9 cm³/mol. The van der Waals surface area contributed by atoms with Gasteiger partial charge in [0.15, 0.2) is 9.84 Å². The van der Waals surface area contributed by atoms with Gasteiger partial charge in [-0.3, -0.25) is 0 Å². The maximum Gasteiger partial charge on any atom is 0.151 e. The minimum Gasteiger partial charge on any atom is -0.396 e. The highest BCUT2D eigenvalue weighted by atomic mass is 32.2. The molecule has 0 aromatic carbocycles. The summed E-state index contributed by atoms with van der Waals surface area (Å²) in [6, 6.07) is 0.143. The van der Waals surface area contributed by atoms with Crippen LogP contribution in [0.5, 0.6) is 0 Å². The Morgan fingerprint density at radius 3 is 2.24 bits per heavy atom. The lowest BCUT2D eigenvalue weighted by atomic mass is 9.85. The molecule has 0 radical (unpaired) electrons. The summed E-state index contributed by atoms with van der Waals surface area (Å²) in [5, 5.41) is 12.2. The third-order valence-corrected chi connectivity index (χ3v) is 4.64. The van der Waals surface area contributed by atoms with E-state index in [1.165, 1.54) is 0 Å². The van der Waals surface area contributed by atoms with Crippen LogP contribution >= 0.6 is 0 Å². The summed E-state index contributed by atoms with van der Waals surface area (Å²) in [4.78, 5) is 0. The molecule has 0 amide bonds. The fourth-order valence-electron chi connectivity index (χ4n) is 1.77. The maximum atomic E-state index is 11.5. The van der Waals surface area contributed by atoms with E-state index < -0.39 is 9.84 Å². The topological polar surface area (TPSA) is 66.4 Å². The van der Waals surface area contributed by atoms with Crippen molar-refractivity contribution in [1.29, 1.82) is 0 Å². The molecule has 0 spiro atoms. The first-order valence-corrected chi connectivity index (χ1v) is 8.09. The van der Waals surface area contributed by atoms with Crippen LogP contribution < -0.4 is 5.32 Å². The van der Waals surface area contributed by atoms with Crippen LogP contribution in [0.3, 0.4) is 0 Å². The third kappa shape index (κ3) is 7.73. The van der Waals surface area contributed by atoms with Crippen molar-refractivity contribution in [2.45, 2.75) is 46.6 Å². The largest absolute Gasteiger partial charge is 0.396 e. The van der Waals surface area contributed by atoms with Gasteiger partial charge in [0.25, 0.3) is 0 Å². The molecule has 0 heterocycles. The van der Waals surface area contributed by atoms with Crippen LogP contribution in [0.15, 0.2) is 0 Å². The lowest BCUT2D eigenvalue weighted by molar-refractivity contribution is 0.200. The Labute approximate surface area is 106 Å². The average molecular weight is 265 g/mol. The van der Waals surface area contributed by atoms with Crippen molar-refractivity contribution < 1.29 is 13.5 Å². The number of nitrogens with one attached hydrogen (secondary N) is 1. The molecule has 0 saturated carbocycles. The van der Waals surface area contributed by atoms with Gasteiger partial charge in [-0.15, -0.1) is 0 Å². The number of aliphatic hydroxyl groups is 1. The molecule has 5 heteroatoms. The molecule has 1 atom stereocenters. The number of rotatable bonds is 8. The standard InChI is InChI=1S/C12H27NO3S/c1-5-9-17(15,16)10-7-13-11(6-8-14)12(2,3)4/h11,13-14H,5-10H2,1-4H3. The fraction of sp³-hybridized carbons (Fsp3) is 1.00. The fourth-order valence-corrected chi connectivity index (χ4v) is 3.03. The quantitative estimate of drug-likeness (QED) is 0.692. The Bertz CT molecular complexity index is 293. The monoisotopic (exact) mass is 265 g/mol. The number of sulfone groups is 1. The van der Waals surface area contributed by atoms with E-state index in [1.54, 1.807) is 0 Å². The summed E-state index contributed by atoms with van der Waals surface area (Å²) in [5.74, 6) is 0.438. The molecule has 0 aliphatic heterocycles. The van der Waals surface area contributed by atoms with Gasteiger partial charge >= 0.3 is 0 Å². The van der Waals surface area contributed by atoms with Crippen LogP contribution in [0.1, 0.15) is 40.5 Å². The highest BCUT2D eigenvalue weighted by molar-refractivity contribution is 7.91. The smallest absolute Gasteiger partial charge is 0.151 e. The number of hydrogen-bond donors (Lipinski definition) is 2. The molecular weight excluding hydrogens is 238 g/mol. The summed E-state index contributed by atoms with van der Waals surface area (Å²) in [6.07, 6.45) is 1.32. The molecule has 0 aromatic heterocycles. The molecule has 1 unspecified atom stereocenters. The van der Waals surface area contributed by atoms with Crippen LogP contribution in [-0.4, -0.2) is 44.2 Å². The van der Waals surface area contributed by atoms with Crippen molar-refractivity contribution in [2.24, 2.45) is 5.41 Å². The maximum absolute atomic E-state index is 11.5. The van der Waals surface area contributed by atoms with Crippen LogP contribution in [-0.2, 0) is 9.84 Å². The molecule has 0 bridgehead atoms. The van der Waals surface area contributed by atoms with Crippen molar-refractivity contribution in [1.82, 2.24) is 5.32 Å². The van der Waals surface area contributed by atoms with E-state index in [-0.39, 0.29) is 29.6 Å². The number of hydrogen-bond acceptors (Lipinski definition) is 4. The second kappa shape index (κ2) is 7.34. The Balaban J connectivity index is 4.16. The van der Waals surface area contributed by atoms with Crippen LogP contribution in [0.4, 0.5) is 0 Å². The van der Waals surface area contributed by atoms with Crippen LogP contribution in [0, 0.1) is 5.41 Å². The van der Waals surface area contributed by atoms with Gasteiger partial charge in [0.05, 0.1) is 5.75 Å². The Hall–Kier alpha value is -0.130. The molecule has 0 aliphatic rings. The van der Waals surface area contributed by atoms with Gasteiger partial charge in [0, 0.05) is 24.9 Å². The minimum absolute atomic E-state index is 0.0250. The zero-order valence-corrected chi connectivity index (χ0v) is 12.3. The summed E-state index contributed by atoms with van der Waals surface area (Å²) in [5.41, 5.74) is 0.0250. The predicted octanol–water partition coefficient (Wildman–Crippen LogP) is 1.20. The van der Waals surface area contributed by atoms with E-state index in [1.807, 2.05) is 6.92 Å². The molecule has 17 heavy (non-hydrogen) atoms. The normalized spacial score (nSPS) is 14.9. The van der Waals surface area contributed by atoms with Crippen molar-refractivity contribution in [3.05, 3.63) is 0 Å². The van der Waals surface area contributed by atoms with Crippen molar-refractivity contribution >= 4 is 9.84 Å². The van der Waals surface area contributed by atoms with Gasteiger partial charge in [0.2, 0.25) is 0 Å². The van der Waals surface area contributed by atoms with Crippen molar-refractivity contribution in [3.8, 4) is 0 Å².